The molecule has 1 aromatic rings. The first-order valence-electron chi connectivity index (χ1n) is 8.57. The third-order valence-electron chi connectivity index (χ3n) is 4.75. The van der Waals surface area contributed by atoms with Gasteiger partial charge in [-0.3, -0.25) is 14.6 Å². The fraction of sp³-hybridized carbons (Fsp3) is 0.556. The van der Waals surface area contributed by atoms with Crippen molar-refractivity contribution < 1.29 is 14.3 Å². The second-order valence-electron chi connectivity index (χ2n) is 6.19. The molecule has 1 fully saturated rings. The molecule has 2 atom stereocenters. The maximum atomic E-state index is 12.3. The lowest BCUT2D eigenvalue weighted by atomic mass is 9.67. The Bertz CT molecular complexity index is 623. The van der Waals surface area contributed by atoms with Crippen LogP contribution in [-0.4, -0.2) is 42.0 Å². The molecule has 1 aromatic heterocycles. The molecule has 1 amide bonds. The monoisotopic (exact) mass is 363 g/mol. The van der Waals surface area contributed by atoms with E-state index < -0.39 is 5.41 Å². The van der Waals surface area contributed by atoms with Gasteiger partial charge in [0.1, 0.15) is 6.10 Å². The molecule has 0 unspecified atom stereocenters. The number of likely N-dealkylation sites (N-methyl/N-ethyl adjacent to an activating group) is 1. The van der Waals surface area contributed by atoms with Gasteiger partial charge in [-0.15, -0.1) is 0 Å². The number of nitrogens with zero attached hydrogens (tertiary/aromatic N) is 1. The number of aromatic nitrogens is 1. The summed E-state index contributed by atoms with van der Waals surface area (Å²) in [4.78, 5) is 28.5. The predicted octanol–water partition coefficient (Wildman–Crippen LogP) is 1.88. The third-order valence-corrected chi connectivity index (χ3v) is 5.32. The Morgan fingerprint density at radius 3 is 2.76 bits per heavy atom. The number of thiocarbonyl (C=S) groups is 1. The number of esters is 1. The number of carbonyl (C=O) groups excluding carboxylic acids is 2. The average Bonchev–Trinajstić information content (AvgIpc) is 2.66. The van der Waals surface area contributed by atoms with Crippen LogP contribution in [0.25, 0.3) is 0 Å². The van der Waals surface area contributed by atoms with Gasteiger partial charge in [0.15, 0.2) is 0 Å². The molecule has 1 aliphatic rings. The van der Waals surface area contributed by atoms with E-state index in [1.807, 2.05) is 12.1 Å². The first-order valence-corrected chi connectivity index (χ1v) is 8.98. The molecule has 0 radical (unpaired) electrons. The molecular formula is C18H25N3O3S. The Morgan fingerprint density at radius 1 is 1.32 bits per heavy atom. The average molecular weight is 363 g/mol. The van der Waals surface area contributed by atoms with Gasteiger partial charge in [-0.05, 0) is 30.9 Å². The van der Waals surface area contributed by atoms with Gasteiger partial charge < -0.3 is 15.4 Å². The van der Waals surface area contributed by atoms with Crippen LogP contribution in [0.4, 0.5) is 0 Å². The van der Waals surface area contributed by atoms with Gasteiger partial charge in [0.05, 0.1) is 16.8 Å². The number of rotatable bonds is 6. The Morgan fingerprint density at radius 2 is 2.12 bits per heavy atom. The summed E-state index contributed by atoms with van der Waals surface area (Å²) < 4.78 is 5.81. The van der Waals surface area contributed by atoms with Gasteiger partial charge in [0, 0.05) is 32.9 Å². The van der Waals surface area contributed by atoms with Crippen molar-refractivity contribution in [1.82, 2.24) is 15.6 Å². The highest BCUT2D eigenvalue weighted by atomic mass is 32.1. The molecule has 0 spiro atoms. The van der Waals surface area contributed by atoms with E-state index in [0.29, 0.717) is 4.99 Å². The summed E-state index contributed by atoms with van der Waals surface area (Å²) in [6, 6.07) is 3.85. The predicted molar refractivity (Wildman–Crippen MR) is 99.2 cm³/mol. The van der Waals surface area contributed by atoms with Crippen molar-refractivity contribution >= 4 is 29.1 Å². The molecule has 6 nitrogen and oxygen atoms in total. The van der Waals surface area contributed by atoms with Gasteiger partial charge in [0.2, 0.25) is 5.91 Å². The van der Waals surface area contributed by atoms with Crippen molar-refractivity contribution in [3.8, 4) is 0 Å². The molecule has 7 heteroatoms. The highest BCUT2D eigenvalue weighted by Crippen LogP contribution is 2.42. The Kier molecular flexibility index (Phi) is 6.87. The van der Waals surface area contributed by atoms with Crippen molar-refractivity contribution in [2.45, 2.75) is 50.0 Å². The first kappa shape index (κ1) is 19.3. The molecule has 25 heavy (non-hydrogen) atoms. The van der Waals surface area contributed by atoms with Crippen molar-refractivity contribution in [3.05, 3.63) is 30.1 Å². The van der Waals surface area contributed by atoms with Crippen LogP contribution in [-0.2, 0) is 19.7 Å². The summed E-state index contributed by atoms with van der Waals surface area (Å²) in [7, 11) is 3.34. The van der Waals surface area contributed by atoms with Gasteiger partial charge >= 0.3 is 5.97 Å². The molecular weight excluding hydrogens is 338 g/mol. The first-order chi connectivity index (χ1) is 12.0. The summed E-state index contributed by atoms with van der Waals surface area (Å²) in [5, 5.41) is 5.59. The zero-order valence-electron chi connectivity index (χ0n) is 14.7. The van der Waals surface area contributed by atoms with Crippen molar-refractivity contribution in [2.24, 2.45) is 0 Å². The number of hydrogen-bond donors (Lipinski definition) is 2. The standard InChI is InChI=1S/C18H25N3O3S/c1-19-15(22)8-9-16(23)24-14-7-3-4-10-18(14,17(25)20-2)13-6-5-11-21-12-13/h5-6,11-12,14H,3-4,7-10H2,1-2H3,(H,19,22)(H,20,25)/t14-,18+/m1/s1. The van der Waals surface area contributed by atoms with E-state index in [1.54, 1.807) is 26.5 Å². The lowest BCUT2D eigenvalue weighted by molar-refractivity contribution is -0.154. The molecule has 1 aliphatic carbocycles. The number of amides is 1. The fourth-order valence-corrected chi connectivity index (χ4v) is 3.78. The third kappa shape index (κ3) is 4.34. The van der Waals surface area contributed by atoms with E-state index in [-0.39, 0.29) is 30.8 Å². The fourth-order valence-electron chi connectivity index (χ4n) is 3.43. The quantitative estimate of drug-likeness (QED) is 0.593. The van der Waals surface area contributed by atoms with Crippen LogP contribution in [0.3, 0.4) is 0 Å². The summed E-state index contributed by atoms with van der Waals surface area (Å²) in [5.41, 5.74) is 0.386. The van der Waals surface area contributed by atoms with Gasteiger partial charge in [-0.25, -0.2) is 0 Å². The zero-order chi connectivity index (χ0) is 18.3. The van der Waals surface area contributed by atoms with Crippen LogP contribution in [0.5, 0.6) is 0 Å². The molecule has 2 rings (SSSR count). The molecule has 0 aliphatic heterocycles. The number of carbonyl (C=O) groups is 2. The number of ether oxygens (including phenoxy) is 1. The van der Waals surface area contributed by atoms with Crippen molar-refractivity contribution in [1.29, 1.82) is 0 Å². The van der Waals surface area contributed by atoms with Crippen LogP contribution in [0, 0.1) is 0 Å². The normalized spacial score (nSPS) is 22.7. The minimum Gasteiger partial charge on any atom is -0.461 e. The SMILES string of the molecule is CNC(=O)CCC(=O)O[C@@H]1CCCC[C@]1(C(=S)NC)c1cccnc1. The van der Waals surface area contributed by atoms with E-state index in [1.165, 1.54) is 0 Å². The van der Waals surface area contributed by atoms with Crippen LogP contribution in [0.2, 0.25) is 0 Å². The second kappa shape index (κ2) is 8.89. The molecule has 2 N–H and O–H groups in total. The Balaban J connectivity index is 2.25. The van der Waals surface area contributed by atoms with Crippen molar-refractivity contribution in [3.63, 3.8) is 0 Å². The minimum atomic E-state index is -0.570. The highest BCUT2D eigenvalue weighted by molar-refractivity contribution is 7.80. The largest absolute Gasteiger partial charge is 0.461 e. The maximum Gasteiger partial charge on any atom is 0.306 e. The number of hydrogen-bond acceptors (Lipinski definition) is 5. The smallest absolute Gasteiger partial charge is 0.306 e. The number of nitrogens with one attached hydrogen (secondary N) is 2. The lowest BCUT2D eigenvalue weighted by Gasteiger charge is -2.43. The Hall–Kier alpha value is -2.02. The summed E-state index contributed by atoms with van der Waals surface area (Å²) in [6.07, 6.45) is 6.85. The van der Waals surface area contributed by atoms with Crippen LogP contribution in [0.1, 0.15) is 44.1 Å². The molecule has 0 bridgehead atoms. The molecule has 0 saturated heterocycles. The molecule has 136 valence electrons. The van der Waals surface area contributed by atoms with Gasteiger partial charge in [0.25, 0.3) is 0 Å². The molecule has 0 aromatic carbocycles. The molecule has 1 heterocycles. The van der Waals surface area contributed by atoms with E-state index in [0.717, 1.165) is 31.2 Å². The van der Waals surface area contributed by atoms with Gasteiger partial charge in [-0.2, -0.15) is 0 Å². The van der Waals surface area contributed by atoms with Crippen LogP contribution < -0.4 is 10.6 Å². The topological polar surface area (TPSA) is 80.3 Å². The lowest BCUT2D eigenvalue weighted by Crippen LogP contribution is -2.53. The van der Waals surface area contributed by atoms with E-state index >= 15 is 0 Å². The van der Waals surface area contributed by atoms with E-state index in [4.69, 9.17) is 17.0 Å². The highest BCUT2D eigenvalue weighted by Gasteiger charge is 2.48. The zero-order valence-corrected chi connectivity index (χ0v) is 15.5. The summed E-state index contributed by atoms with van der Waals surface area (Å²) in [6.45, 7) is 0. The maximum absolute atomic E-state index is 12.3. The van der Waals surface area contributed by atoms with Crippen molar-refractivity contribution in [2.75, 3.05) is 14.1 Å². The Labute approximate surface area is 153 Å². The summed E-state index contributed by atoms with van der Waals surface area (Å²) >= 11 is 5.63. The van der Waals surface area contributed by atoms with E-state index in [2.05, 4.69) is 15.6 Å². The second-order valence-corrected chi connectivity index (χ2v) is 6.60. The van der Waals surface area contributed by atoms with Gasteiger partial charge in [-0.1, -0.05) is 24.7 Å². The number of pyridine rings is 1. The van der Waals surface area contributed by atoms with Crippen LogP contribution in [0.15, 0.2) is 24.5 Å². The minimum absolute atomic E-state index is 0.0611. The summed E-state index contributed by atoms with van der Waals surface area (Å²) in [5.74, 6) is -0.549. The van der Waals surface area contributed by atoms with Crippen LogP contribution >= 0.6 is 12.2 Å². The molecule has 1 saturated carbocycles. The van der Waals surface area contributed by atoms with E-state index in [9.17, 15) is 9.59 Å².